The number of aryl methyl sites for hydroxylation is 2. The summed E-state index contributed by atoms with van der Waals surface area (Å²) in [6.07, 6.45) is 16.2. The number of fused-ring (bicyclic) bond motifs is 2. The normalized spacial score (nSPS) is 17.8. The molecule has 40 heavy (non-hydrogen) atoms. The van der Waals surface area contributed by atoms with Gasteiger partial charge < -0.3 is 20.9 Å². The Morgan fingerprint density at radius 2 is 1.95 bits per heavy atom. The number of allylic oxidation sites excluding steroid dienone is 5. The largest absolute Gasteiger partial charge is 0.352 e. The van der Waals surface area contributed by atoms with Crippen molar-refractivity contribution in [3.8, 4) is 0 Å². The van der Waals surface area contributed by atoms with Crippen LogP contribution in [0.5, 0.6) is 0 Å². The van der Waals surface area contributed by atoms with Crippen molar-refractivity contribution in [2.24, 2.45) is 13.0 Å². The summed E-state index contributed by atoms with van der Waals surface area (Å²) in [4.78, 5) is 28.1. The van der Waals surface area contributed by atoms with E-state index < -0.39 is 0 Å². The minimum absolute atomic E-state index is 0. The molecular weight excluding hydrogens is 500 g/mol. The van der Waals surface area contributed by atoms with Crippen LogP contribution in [0, 0.1) is 12.8 Å². The van der Waals surface area contributed by atoms with E-state index in [4.69, 9.17) is 0 Å². The van der Waals surface area contributed by atoms with Gasteiger partial charge in [-0.3, -0.25) is 14.3 Å². The summed E-state index contributed by atoms with van der Waals surface area (Å²) in [6.45, 7) is 10.2. The highest BCUT2D eigenvalue weighted by molar-refractivity contribution is 5.95. The lowest BCUT2D eigenvalue weighted by Crippen LogP contribution is -2.40. The van der Waals surface area contributed by atoms with Gasteiger partial charge in [0.15, 0.2) is 0 Å². The molecule has 2 aliphatic heterocycles. The maximum absolute atomic E-state index is 13.8. The summed E-state index contributed by atoms with van der Waals surface area (Å²) in [5.74, 6) is 1.42. The number of amides is 2. The average molecular weight is 545 g/mol. The predicted molar refractivity (Wildman–Crippen MR) is 163 cm³/mol. The van der Waals surface area contributed by atoms with Gasteiger partial charge in [-0.1, -0.05) is 43.9 Å². The fourth-order valence-electron chi connectivity index (χ4n) is 5.17. The topological polar surface area (TPSA) is 91.3 Å². The molecule has 3 heterocycles. The van der Waals surface area contributed by atoms with Crippen molar-refractivity contribution in [3.63, 3.8) is 0 Å². The zero-order valence-electron chi connectivity index (χ0n) is 23.2. The van der Waals surface area contributed by atoms with Gasteiger partial charge >= 0.3 is 0 Å². The molecule has 1 aromatic carbocycles. The van der Waals surface area contributed by atoms with Gasteiger partial charge in [-0.05, 0) is 75.0 Å². The Balaban J connectivity index is 0.00000106. The van der Waals surface area contributed by atoms with Crippen LogP contribution in [-0.4, -0.2) is 45.6 Å². The number of carbonyl (C=O) groups excluding carboxylic acids is 2. The summed E-state index contributed by atoms with van der Waals surface area (Å²) in [5.41, 5.74) is 4.56. The Hall–Kier alpha value is -3.91. The van der Waals surface area contributed by atoms with Crippen molar-refractivity contribution >= 4 is 17.6 Å². The van der Waals surface area contributed by atoms with Crippen molar-refractivity contribution in [3.05, 3.63) is 95.4 Å². The van der Waals surface area contributed by atoms with Crippen LogP contribution < -0.4 is 16.0 Å². The van der Waals surface area contributed by atoms with Crippen LogP contribution in [0.2, 0.25) is 0 Å². The van der Waals surface area contributed by atoms with Gasteiger partial charge in [0.25, 0.3) is 5.91 Å². The molecule has 2 amide bonds. The highest BCUT2D eigenvalue weighted by atomic mass is 16.2. The number of hydrogen-bond donors (Lipinski definition) is 3. The monoisotopic (exact) mass is 544 g/mol. The number of piperidine rings is 1. The Bertz CT molecular complexity index is 1280. The van der Waals surface area contributed by atoms with Crippen molar-refractivity contribution in [2.75, 3.05) is 18.4 Å². The number of rotatable bonds is 5. The van der Waals surface area contributed by atoms with Gasteiger partial charge in [-0.25, -0.2) is 0 Å². The second kappa shape index (κ2) is 14.5. The number of hydrogen-bond acceptors (Lipinski definition) is 5. The second-order valence-corrected chi connectivity index (χ2v) is 10.3. The first-order valence-electron chi connectivity index (χ1n) is 13.7. The highest BCUT2D eigenvalue weighted by Gasteiger charge is 2.32. The standard InChI is InChI=1S/C28H34N6O2.C3H6.CH4/c1-19-14-21(8-9-22(19)16-30-26(35)15-20-10-12-29-13-11-20)28(36)34-18-23-17-31-33(2)27(23)32-24-6-4-3-5-7-25(24)34;1-3-2;/h3-9,14,17,20,25,29,32H,10-13,15-16,18H2,1-2H3,(H,30,35);3H,1H2,2H3;1H4. The molecule has 1 saturated heterocycles. The number of nitrogens with zero attached hydrogens (tertiary/aromatic N) is 3. The van der Waals surface area contributed by atoms with E-state index in [0.717, 1.165) is 54.1 Å². The fourth-order valence-corrected chi connectivity index (χ4v) is 5.17. The summed E-state index contributed by atoms with van der Waals surface area (Å²) in [5, 5.41) is 14.3. The quantitative estimate of drug-likeness (QED) is 0.461. The molecule has 1 atom stereocenters. The van der Waals surface area contributed by atoms with Gasteiger partial charge in [0.2, 0.25) is 5.91 Å². The lowest BCUT2D eigenvalue weighted by Gasteiger charge is -2.29. The lowest BCUT2D eigenvalue weighted by atomic mass is 9.94. The molecule has 1 fully saturated rings. The molecule has 8 nitrogen and oxygen atoms in total. The molecule has 0 radical (unpaired) electrons. The first kappa shape index (κ1) is 30.6. The SMILES string of the molecule is C.C=CC.Cc1cc(C(=O)N2Cc3cnn(C)c3NC3=CC=CC=CC32)ccc1CNC(=O)CC1CCNCC1. The number of anilines is 1. The third-order valence-electron chi connectivity index (χ3n) is 7.32. The zero-order chi connectivity index (χ0) is 27.8. The van der Waals surface area contributed by atoms with E-state index in [2.05, 4.69) is 27.6 Å². The molecule has 1 aliphatic carbocycles. The van der Waals surface area contributed by atoms with Gasteiger partial charge in [0, 0.05) is 36.8 Å². The van der Waals surface area contributed by atoms with Crippen LogP contribution in [0.25, 0.3) is 0 Å². The predicted octanol–water partition coefficient (Wildman–Crippen LogP) is 5.01. The average Bonchev–Trinajstić information content (AvgIpc) is 3.08. The first-order valence-corrected chi connectivity index (χ1v) is 13.7. The van der Waals surface area contributed by atoms with E-state index >= 15 is 0 Å². The number of nitrogens with one attached hydrogen (secondary N) is 3. The summed E-state index contributed by atoms with van der Waals surface area (Å²) >= 11 is 0. The molecule has 3 aliphatic rings. The van der Waals surface area contributed by atoms with Gasteiger partial charge in [-0.2, -0.15) is 5.10 Å². The molecular formula is C32H44N6O2. The van der Waals surface area contributed by atoms with Crippen LogP contribution in [0.1, 0.15) is 60.7 Å². The molecule has 1 unspecified atom stereocenters. The van der Waals surface area contributed by atoms with E-state index in [0.29, 0.717) is 31.0 Å². The summed E-state index contributed by atoms with van der Waals surface area (Å²) in [7, 11) is 1.90. The number of benzene rings is 1. The van der Waals surface area contributed by atoms with Crippen molar-refractivity contribution in [2.45, 2.75) is 59.7 Å². The van der Waals surface area contributed by atoms with Gasteiger partial charge in [-0.15, -0.1) is 6.58 Å². The number of aromatic nitrogens is 2. The molecule has 214 valence electrons. The van der Waals surface area contributed by atoms with E-state index in [9.17, 15) is 9.59 Å². The molecule has 5 rings (SSSR count). The van der Waals surface area contributed by atoms with Gasteiger partial charge in [0.1, 0.15) is 5.82 Å². The van der Waals surface area contributed by atoms with Gasteiger partial charge in [0.05, 0.1) is 18.8 Å². The Morgan fingerprint density at radius 3 is 2.67 bits per heavy atom. The van der Waals surface area contributed by atoms with Crippen LogP contribution >= 0.6 is 0 Å². The lowest BCUT2D eigenvalue weighted by molar-refractivity contribution is -0.122. The minimum Gasteiger partial charge on any atom is -0.352 e. The van der Waals surface area contributed by atoms with E-state index in [-0.39, 0.29) is 25.3 Å². The fraction of sp³-hybridized carbons (Fsp3) is 0.406. The highest BCUT2D eigenvalue weighted by Crippen LogP contribution is 2.30. The van der Waals surface area contributed by atoms with E-state index in [1.165, 1.54) is 0 Å². The van der Waals surface area contributed by atoms with Crippen LogP contribution in [-0.2, 0) is 24.9 Å². The minimum atomic E-state index is -0.214. The maximum atomic E-state index is 13.8. The molecule has 1 aromatic heterocycles. The Morgan fingerprint density at radius 1 is 1.20 bits per heavy atom. The molecule has 0 saturated carbocycles. The zero-order valence-corrected chi connectivity index (χ0v) is 23.2. The van der Waals surface area contributed by atoms with Crippen LogP contribution in [0.4, 0.5) is 5.82 Å². The van der Waals surface area contributed by atoms with E-state index in [1.54, 1.807) is 10.8 Å². The maximum Gasteiger partial charge on any atom is 0.254 e. The third kappa shape index (κ3) is 7.39. The van der Waals surface area contributed by atoms with Crippen LogP contribution in [0.3, 0.4) is 0 Å². The number of carbonyl (C=O) groups is 2. The smallest absolute Gasteiger partial charge is 0.254 e. The molecule has 8 heteroatoms. The van der Waals surface area contributed by atoms with Crippen LogP contribution in [0.15, 0.2) is 73.1 Å². The first-order chi connectivity index (χ1) is 18.9. The third-order valence-corrected chi connectivity index (χ3v) is 7.32. The molecule has 2 aromatic rings. The molecule has 3 N–H and O–H groups in total. The van der Waals surface area contributed by atoms with Crippen molar-refractivity contribution < 1.29 is 9.59 Å². The Kier molecular flexibility index (Phi) is 11.1. The Labute approximate surface area is 238 Å². The van der Waals surface area contributed by atoms with Crippen molar-refractivity contribution in [1.29, 1.82) is 0 Å². The summed E-state index contributed by atoms with van der Waals surface area (Å²) in [6, 6.07) is 5.55. The van der Waals surface area contributed by atoms with Crippen molar-refractivity contribution in [1.82, 2.24) is 25.3 Å². The second-order valence-electron chi connectivity index (χ2n) is 10.3. The molecule has 0 spiro atoms. The molecule has 0 bridgehead atoms. The van der Waals surface area contributed by atoms with E-state index in [1.807, 2.05) is 80.6 Å². The summed E-state index contributed by atoms with van der Waals surface area (Å²) < 4.78 is 1.80.